The molecule has 1 aromatic heterocycles. The molecule has 1 unspecified atom stereocenters. The standard InChI is InChI=1S/C14H12Cl2OS/c1-8-6-18-7-12(8)13(16)11-5-10(15)4-9-2-3-17-14(9)11/h4-7,13H,2-3H2,1H3. The number of hydrogen-bond acceptors (Lipinski definition) is 2. The van der Waals surface area contributed by atoms with Crippen molar-refractivity contribution in [3.05, 3.63) is 50.2 Å². The average Bonchev–Trinajstić information content (AvgIpc) is 2.95. The zero-order valence-electron chi connectivity index (χ0n) is 9.87. The van der Waals surface area contributed by atoms with Crippen molar-refractivity contribution in [2.24, 2.45) is 0 Å². The lowest BCUT2D eigenvalue weighted by molar-refractivity contribution is 0.353. The van der Waals surface area contributed by atoms with Crippen molar-refractivity contribution in [2.45, 2.75) is 18.7 Å². The van der Waals surface area contributed by atoms with Gasteiger partial charge < -0.3 is 4.74 Å². The van der Waals surface area contributed by atoms with Gasteiger partial charge in [0.15, 0.2) is 0 Å². The zero-order chi connectivity index (χ0) is 12.7. The minimum Gasteiger partial charge on any atom is -0.493 e. The lowest BCUT2D eigenvalue weighted by Crippen LogP contribution is -1.97. The Morgan fingerprint density at radius 2 is 2.11 bits per heavy atom. The highest BCUT2D eigenvalue weighted by Gasteiger charge is 2.24. The van der Waals surface area contributed by atoms with Gasteiger partial charge in [-0.15, -0.1) is 11.6 Å². The van der Waals surface area contributed by atoms with Gasteiger partial charge in [-0.1, -0.05) is 11.6 Å². The molecule has 0 aliphatic carbocycles. The van der Waals surface area contributed by atoms with Crippen molar-refractivity contribution < 1.29 is 4.74 Å². The van der Waals surface area contributed by atoms with Gasteiger partial charge in [0.05, 0.1) is 12.0 Å². The molecule has 18 heavy (non-hydrogen) atoms. The van der Waals surface area contributed by atoms with E-state index in [1.807, 2.05) is 12.1 Å². The minimum atomic E-state index is -0.193. The second-order valence-corrected chi connectivity index (χ2v) is 6.07. The summed E-state index contributed by atoms with van der Waals surface area (Å²) in [6.45, 7) is 2.79. The molecular formula is C14H12Cl2OS. The van der Waals surface area contributed by atoms with E-state index >= 15 is 0 Å². The summed E-state index contributed by atoms with van der Waals surface area (Å²) in [6, 6.07) is 3.89. The topological polar surface area (TPSA) is 9.23 Å². The second-order valence-electron chi connectivity index (χ2n) is 4.45. The van der Waals surface area contributed by atoms with E-state index in [0.29, 0.717) is 0 Å². The molecule has 0 amide bonds. The van der Waals surface area contributed by atoms with Gasteiger partial charge >= 0.3 is 0 Å². The lowest BCUT2D eigenvalue weighted by Gasteiger charge is -2.14. The third-order valence-corrected chi connectivity index (χ3v) is 4.79. The molecule has 2 heterocycles. The average molecular weight is 299 g/mol. The third-order valence-electron chi connectivity index (χ3n) is 3.22. The molecule has 0 saturated carbocycles. The maximum atomic E-state index is 6.60. The van der Waals surface area contributed by atoms with Gasteiger partial charge in [-0.25, -0.2) is 0 Å². The van der Waals surface area contributed by atoms with E-state index in [1.54, 1.807) is 11.3 Å². The molecule has 1 aromatic carbocycles. The van der Waals surface area contributed by atoms with Crippen LogP contribution in [0.4, 0.5) is 0 Å². The maximum absolute atomic E-state index is 6.60. The Bertz CT molecular complexity index is 591. The van der Waals surface area contributed by atoms with Crippen LogP contribution >= 0.6 is 34.5 Å². The van der Waals surface area contributed by atoms with Crippen LogP contribution in [0.1, 0.15) is 27.6 Å². The molecule has 1 nitrogen and oxygen atoms in total. The highest BCUT2D eigenvalue weighted by atomic mass is 35.5. The number of thiophene rings is 1. The summed E-state index contributed by atoms with van der Waals surface area (Å²) < 4.78 is 5.70. The molecule has 4 heteroatoms. The predicted molar refractivity (Wildman–Crippen MR) is 77.4 cm³/mol. The minimum absolute atomic E-state index is 0.193. The van der Waals surface area contributed by atoms with E-state index in [0.717, 1.165) is 40.5 Å². The first-order valence-corrected chi connectivity index (χ1v) is 7.54. The van der Waals surface area contributed by atoms with E-state index in [4.69, 9.17) is 27.9 Å². The summed E-state index contributed by atoms with van der Waals surface area (Å²) in [4.78, 5) is 0. The molecular weight excluding hydrogens is 287 g/mol. The predicted octanol–water partition coefficient (Wildman–Crippen LogP) is 4.97. The molecule has 2 aromatic rings. The molecule has 1 aliphatic rings. The van der Waals surface area contributed by atoms with Crippen LogP contribution in [-0.2, 0) is 6.42 Å². The van der Waals surface area contributed by atoms with Crippen molar-refractivity contribution in [1.29, 1.82) is 0 Å². The number of benzene rings is 1. The van der Waals surface area contributed by atoms with Crippen LogP contribution in [0.2, 0.25) is 5.02 Å². The molecule has 1 atom stereocenters. The van der Waals surface area contributed by atoms with Gasteiger partial charge in [0.2, 0.25) is 0 Å². The van der Waals surface area contributed by atoms with Gasteiger partial charge in [-0.3, -0.25) is 0 Å². The lowest BCUT2D eigenvalue weighted by atomic mass is 10.0. The Morgan fingerprint density at radius 1 is 1.28 bits per heavy atom. The van der Waals surface area contributed by atoms with Crippen LogP contribution in [0.25, 0.3) is 0 Å². The Hall–Kier alpha value is -0.700. The highest BCUT2D eigenvalue weighted by molar-refractivity contribution is 7.08. The number of alkyl halides is 1. The number of halogens is 2. The number of aryl methyl sites for hydroxylation is 1. The van der Waals surface area contributed by atoms with Gasteiger partial charge in [-0.05, 0) is 46.5 Å². The summed E-state index contributed by atoms with van der Waals surface area (Å²) >= 11 is 14.4. The van der Waals surface area contributed by atoms with E-state index in [1.165, 1.54) is 5.56 Å². The third kappa shape index (κ3) is 2.03. The van der Waals surface area contributed by atoms with E-state index in [9.17, 15) is 0 Å². The summed E-state index contributed by atoms with van der Waals surface area (Å²) in [5.74, 6) is 0.921. The maximum Gasteiger partial charge on any atom is 0.127 e. The summed E-state index contributed by atoms with van der Waals surface area (Å²) in [7, 11) is 0. The zero-order valence-corrected chi connectivity index (χ0v) is 12.2. The Morgan fingerprint density at radius 3 is 2.83 bits per heavy atom. The van der Waals surface area contributed by atoms with Gasteiger partial charge in [0.1, 0.15) is 5.75 Å². The summed E-state index contributed by atoms with van der Waals surface area (Å²) in [5, 5.41) is 4.74. The Balaban J connectivity index is 2.10. The van der Waals surface area contributed by atoms with Crippen LogP contribution in [0.15, 0.2) is 22.9 Å². The highest BCUT2D eigenvalue weighted by Crippen LogP contribution is 2.42. The molecule has 3 rings (SSSR count). The molecule has 94 valence electrons. The van der Waals surface area contributed by atoms with Gasteiger partial charge in [0, 0.05) is 17.0 Å². The number of fused-ring (bicyclic) bond motifs is 1. The molecule has 0 spiro atoms. The largest absolute Gasteiger partial charge is 0.493 e. The molecule has 1 aliphatic heterocycles. The molecule has 0 saturated heterocycles. The fourth-order valence-electron chi connectivity index (χ4n) is 2.28. The van der Waals surface area contributed by atoms with Crippen LogP contribution < -0.4 is 4.74 Å². The van der Waals surface area contributed by atoms with E-state index in [-0.39, 0.29) is 5.38 Å². The fraction of sp³-hybridized carbons (Fsp3) is 0.286. The van der Waals surface area contributed by atoms with Gasteiger partial charge in [0.25, 0.3) is 0 Å². The van der Waals surface area contributed by atoms with Crippen molar-refractivity contribution in [1.82, 2.24) is 0 Å². The first-order chi connectivity index (χ1) is 8.66. The summed E-state index contributed by atoms with van der Waals surface area (Å²) in [6.07, 6.45) is 0.912. The number of rotatable bonds is 2. The Kier molecular flexibility index (Phi) is 3.27. The Labute approximate surface area is 120 Å². The number of ether oxygens (including phenoxy) is 1. The molecule has 0 fully saturated rings. The van der Waals surface area contributed by atoms with Crippen LogP contribution in [0, 0.1) is 6.92 Å². The van der Waals surface area contributed by atoms with Gasteiger partial charge in [-0.2, -0.15) is 11.3 Å². The normalized spacial score (nSPS) is 15.3. The first-order valence-electron chi connectivity index (χ1n) is 5.78. The number of hydrogen-bond donors (Lipinski definition) is 0. The van der Waals surface area contributed by atoms with Crippen LogP contribution in [0.3, 0.4) is 0 Å². The summed E-state index contributed by atoms with van der Waals surface area (Å²) in [5.41, 5.74) is 4.50. The van der Waals surface area contributed by atoms with Crippen LogP contribution in [-0.4, -0.2) is 6.61 Å². The van der Waals surface area contributed by atoms with Crippen molar-refractivity contribution >= 4 is 34.5 Å². The fourth-order valence-corrected chi connectivity index (χ4v) is 3.88. The molecule has 0 bridgehead atoms. The van der Waals surface area contributed by atoms with Crippen molar-refractivity contribution in [3.63, 3.8) is 0 Å². The van der Waals surface area contributed by atoms with Crippen LogP contribution in [0.5, 0.6) is 5.75 Å². The first kappa shape index (κ1) is 12.3. The van der Waals surface area contributed by atoms with Crippen molar-refractivity contribution in [3.8, 4) is 5.75 Å². The quantitative estimate of drug-likeness (QED) is 0.711. The van der Waals surface area contributed by atoms with Crippen molar-refractivity contribution in [2.75, 3.05) is 6.61 Å². The monoisotopic (exact) mass is 298 g/mol. The SMILES string of the molecule is Cc1cscc1C(Cl)c1cc(Cl)cc2c1OCC2. The van der Waals surface area contributed by atoms with E-state index in [2.05, 4.69) is 17.7 Å². The molecule has 0 N–H and O–H groups in total. The second kappa shape index (κ2) is 4.76. The smallest absolute Gasteiger partial charge is 0.127 e. The molecule has 0 radical (unpaired) electrons. The van der Waals surface area contributed by atoms with E-state index < -0.39 is 0 Å².